The van der Waals surface area contributed by atoms with Gasteiger partial charge < -0.3 is 9.73 Å². The lowest BCUT2D eigenvalue weighted by molar-refractivity contribution is 0.533. The van der Waals surface area contributed by atoms with E-state index in [9.17, 15) is 0 Å². The molecule has 0 aliphatic heterocycles. The number of aromatic nitrogens is 2. The van der Waals surface area contributed by atoms with Gasteiger partial charge in [-0.05, 0) is 50.1 Å². The highest BCUT2D eigenvalue weighted by Crippen LogP contribution is 2.40. The van der Waals surface area contributed by atoms with Crippen LogP contribution in [0.4, 0.5) is 5.69 Å². The van der Waals surface area contributed by atoms with Crippen LogP contribution in [0.5, 0.6) is 0 Å². The number of hydrogen-bond acceptors (Lipinski definition) is 4. The van der Waals surface area contributed by atoms with E-state index in [1.807, 2.05) is 42.6 Å². The normalized spacial score (nSPS) is 16.0. The first-order valence-corrected chi connectivity index (χ1v) is 7.37. The van der Waals surface area contributed by atoms with E-state index in [1.54, 1.807) is 0 Å². The maximum Gasteiger partial charge on any atom is 0.198 e. The van der Waals surface area contributed by atoms with Gasteiger partial charge in [0.15, 0.2) is 11.5 Å². The molecule has 2 heterocycles. The first kappa shape index (κ1) is 12.4. The van der Waals surface area contributed by atoms with E-state index in [1.165, 1.54) is 12.8 Å². The van der Waals surface area contributed by atoms with E-state index < -0.39 is 0 Å². The van der Waals surface area contributed by atoms with E-state index in [0.717, 1.165) is 28.4 Å². The lowest BCUT2D eigenvalue weighted by atomic mass is 10.2. The zero-order valence-electron chi connectivity index (χ0n) is 11.9. The van der Waals surface area contributed by atoms with Crippen LogP contribution >= 0.6 is 0 Å². The molecule has 4 nitrogen and oxygen atoms in total. The van der Waals surface area contributed by atoms with Gasteiger partial charge in [-0.3, -0.25) is 4.98 Å². The molecule has 0 saturated heterocycles. The molecule has 1 aliphatic carbocycles. The Morgan fingerprint density at radius 2 is 2.14 bits per heavy atom. The second-order valence-corrected chi connectivity index (χ2v) is 5.63. The van der Waals surface area contributed by atoms with Crippen LogP contribution in [0.1, 0.15) is 43.3 Å². The second-order valence-electron chi connectivity index (χ2n) is 5.63. The Morgan fingerprint density at radius 1 is 1.24 bits per heavy atom. The molecule has 0 radical (unpaired) electrons. The summed E-state index contributed by atoms with van der Waals surface area (Å²) >= 11 is 0. The lowest BCUT2D eigenvalue weighted by Crippen LogP contribution is -2.07. The van der Waals surface area contributed by atoms with Crippen LogP contribution in [-0.4, -0.2) is 9.97 Å². The summed E-state index contributed by atoms with van der Waals surface area (Å²) in [6, 6.07) is 12.2. The molecule has 1 aliphatic rings. The topological polar surface area (TPSA) is 51.0 Å². The van der Waals surface area contributed by atoms with Crippen LogP contribution in [0.15, 0.2) is 47.0 Å². The average Bonchev–Trinajstić information content (AvgIpc) is 3.28. The van der Waals surface area contributed by atoms with Gasteiger partial charge in [0, 0.05) is 17.8 Å². The number of benzene rings is 1. The van der Waals surface area contributed by atoms with Crippen molar-refractivity contribution < 1.29 is 4.42 Å². The van der Waals surface area contributed by atoms with Crippen molar-refractivity contribution in [2.45, 2.75) is 31.7 Å². The number of nitrogens with one attached hydrogen (secondary N) is 1. The molecule has 1 fully saturated rings. The molecule has 1 atom stereocenters. The van der Waals surface area contributed by atoms with E-state index in [0.29, 0.717) is 5.92 Å². The highest BCUT2D eigenvalue weighted by Gasteiger charge is 2.28. The molecular formula is C17H17N3O. The fourth-order valence-electron chi connectivity index (χ4n) is 2.50. The Kier molecular flexibility index (Phi) is 2.88. The third-order valence-electron chi connectivity index (χ3n) is 3.85. The Labute approximate surface area is 123 Å². The van der Waals surface area contributed by atoms with Gasteiger partial charge in [0.2, 0.25) is 0 Å². The zero-order chi connectivity index (χ0) is 14.2. The number of fused-ring (bicyclic) bond motifs is 1. The predicted molar refractivity (Wildman–Crippen MR) is 82.3 cm³/mol. The number of pyridine rings is 1. The summed E-state index contributed by atoms with van der Waals surface area (Å²) in [5.41, 5.74) is 3.86. The van der Waals surface area contributed by atoms with E-state index in [2.05, 4.69) is 22.2 Å². The third-order valence-corrected chi connectivity index (χ3v) is 3.85. The molecule has 0 bridgehead atoms. The van der Waals surface area contributed by atoms with Crippen LogP contribution in [0.2, 0.25) is 0 Å². The quantitative estimate of drug-likeness (QED) is 0.774. The molecule has 106 valence electrons. The van der Waals surface area contributed by atoms with Gasteiger partial charge in [0.25, 0.3) is 0 Å². The number of anilines is 1. The minimum atomic E-state index is 0.151. The molecule has 4 heteroatoms. The van der Waals surface area contributed by atoms with Crippen molar-refractivity contribution in [3.63, 3.8) is 0 Å². The highest BCUT2D eigenvalue weighted by atomic mass is 16.3. The van der Waals surface area contributed by atoms with Crippen molar-refractivity contribution in [1.29, 1.82) is 0 Å². The van der Waals surface area contributed by atoms with Gasteiger partial charge in [0.05, 0.1) is 11.7 Å². The first-order chi connectivity index (χ1) is 10.3. The molecule has 4 rings (SSSR count). The van der Waals surface area contributed by atoms with Crippen molar-refractivity contribution in [2.75, 3.05) is 5.32 Å². The molecule has 1 saturated carbocycles. The maximum atomic E-state index is 5.79. The summed E-state index contributed by atoms with van der Waals surface area (Å²) in [6.07, 6.45) is 4.22. The van der Waals surface area contributed by atoms with Crippen molar-refractivity contribution in [2.24, 2.45) is 0 Å². The maximum absolute atomic E-state index is 5.79. The third kappa shape index (κ3) is 2.49. The summed E-state index contributed by atoms with van der Waals surface area (Å²) in [5, 5.41) is 3.46. The zero-order valence-corrected chi connectivity index (χ0v) is 11.9. The van der Waals surface area contributed by atoms with Crippen molar-refractivity contribution in [1.82, 2.24) is 9.97 Å². The molecule has 1 unspecified atom stereocenters. The molecule has 1 N–H and O–H groups in total. The molecule has 3 aromatic rings. The van der Waals surface area contributed by atoms with Crippen LogP contribution in [-0.2, 0) is 0 Å². The van der Waals surface area contributed by atoms with Crippen molar-refractivity contribution in [3.05, 3.63) is 54.2 Å². The Morgan fingerprint density at radius 3 is 2.90 bits per heavy atom. The van der Waals surface area contributed by atoms with Gasteiger partial charge in [0.1, 0.15) is 5.52 Å². The van der Waals surface area contributed by atoms with Crippen molar-refractivity contribution >= 4 is 16.8 Å². The SMILES string of the molecule is CC(Nc1ccc2oc(C3CC3)nc2c1)c1ccccn1. The van der Waals surface area contributed by atoms with Crippen LogP contribution in [0, 0.1) is 0 Å². The van der Waals surface area contributed by atoms with Crippen LogP contribution in [0.25, 0.3) is 11.1 Å². The highest BCUT2D eigenvalue weighted by molar-refractivity contribution is 5.77. The number of rotatable bonds is 4. The molecule has 0 amide bonds. The second kappa shape index (κ2) is 4.88. The monoisotopic (exact) mass is 279 g/mol. The smallest absolute Gasteiger partial charge is 0.198 e. The summed E-state index contributed by atoms with van der Waals surface area (Å²) in [6.45, 7) is 2.10. The van der Waals surface area contributed by atoms with E-state index in [-0.39, 0.29) is 6.04 Å². The summed E-state index contributed by atoms with van der Waals surface area (Å²) in [4.78, 5) is 8.97. The Balaban J connectivity index is 1.58. The van der Waals surface area contributed by atoms with Gasteiger partial charge in [-0.15, -0.1) is 0 Å². The molecule has 21 heavy (non-hydrogen) atoms. The van der Waals surface area contributed by atoms with E-state index >= 15 is 0 Å². The fraction of sp³-hybridized carbons (Fsp3) is 0.294. The summed E-state index contributed by atoms with van der Waals surface area (Å²) < 4.78 is 5.79. The predicted octanol–water partition coefficient (Wildman–Crippen LogP) is 4.27. The molecule has 2 aromatic heterocycles. The molecular weight excluding hydrogens is 262 g/mol. The number of hydrogen-bond donors (Lipinski definition) is 1. The van der Waals surface area contributed by atoms with E-state index in [4.69, 9.17) is 4.42 Å². The van der Waals surface area contributed by atoms with Gasteiger partial charge in [-0.2, -0.15) is 0 Å². The van der Waals surface area contributed by atoms with Crippen LogP contribution in [0.3, 0.4) is 0 Å². The molecule has 1 aromatic carbocycles. The average molecular weight is 279 g/mol. The minimum Gasteiger partial charge on any atom is -0.440 e. The van der Waals surface area contributed by atoms with Crippen molar-refractivity contribution in [3.8, 4) is 0 Å². The minimum absolute atomic E-state index is 0.151. The summed E-state index contributed by atoms with van der Waals surface area (Å²) in [5.74, 6) is 1.43. The van der Waals surface area contributed by atoms with Gasteiger partial charge >= 0.3 is 0 Å². The number of oxazole rings is 1. The first-order valence-electron chi connectivity index (χ1n) is 7.37. The summed E-state index contributed by atoms with van der Waals surface area (Å²) in [7, 11) is 0. The standard InChI is InChI=1S/C17H17N3O/c1-11(14-4-2-3-9-18-14)19-13-7-8-16-15(10-13)20-17(21-16)12-5-6-12/h2-4,7-12,19H,5-6H2,1H3. The lowest BCUT2D eigenvalue weighted by Gasteiger charge is -2.14. The van der Waals surface area contributed by atoms with Gasteiger partial charge in [-0.1, -0.05) is 6.07 Å². The van der Waals surface area contributed by atoms with Gasteiger partial charge in [-0.25, -0.2) is 4.98 Å². The largest absolute Gasteiger partial charge is 0.440 e. The van der Waals surface area contributed by atoms with Crippen LogP contribution < -0.4 is 5.32 Å². The number of nitrogens with zero attached hydrogens (tertiary/aromatic N) is 2. The fourth-order valence-corrected chi connectivity index (χ4v) is 2.50. The Bertz CT molecular complexity index is 762. The Hall–Kier alpha value is -2.36. The molecule has 0 spiro atoms.